The Balaban J connectivity index is 2.19. The number of halogens is 1. The van der Waals surface area contributed by atoms with Gasteiger partial charge in [0.2, 0.25) is 0 Å². The lowest BCUT2D eigenvalue weighted by atomic mass is 10.0. The third-order valence-electron chi connectivity index (χ3n) is 3.45. The van der Waals surface area contributed by atoms with Gasteiger partial charge in [-0.3, -0.25) is 4.68 Å². The molecule has 0 fully saturated rings. The van der Waals surface area contributed by atoms with Gasteiger partial charge in [0.15, 0.2) is 0 Å². The second-order valence-corrected chi connectivity index (χ2v) is 5.81. The molecule has 20 heavy (non-hydrogen) atoms. The van der Waals surface area contributed by atoms with Crippen molar-refractivity contribution in [1.82, 2.24) is 20.1 Å². The second kappa shape index (κ2) is 6.99. The first-order chi connectivity index (χ1) is 9.65. The summed E-state index contributed by atoms with van der Waals surface area (Å²) in [6.07, 6.45) is 3.56. The largest absolute Gasteiger partial charge is 0.313 e. The number of benzene rings is 1. The molecule has 0 spiro atoms. The van der Waals surface area contributed by atoms with E-state index in [1.54, 1.807) is 6.33 Å². The zero-order valence-electron chi connectivity index (χ0n) is 12.2. The smallest absolute Gasteiger partial charge is 0.138 e. The van der Waals surface area contributed by atoms with Gasteiger partial charge in [0.05, 0.1) is 0 Å². The maximum Gasteiger partial charge on any atom is 0.138 e. The lowest BCUT2D eigenvalue weighted by Gasteiger charge is -2.17. The zero-order valence-corrected chi connectivity index (χ0v) is 13.8. The van der Waals surface area contributed by atoms with Crippen LogP contribution < -0.4 is 5.32 Å². The van der Waals surface area contributed by atoms with E-state index in [1.165, 1.54) is 11.1 Å². The van der Waals surface area contributed by atoms with Crippen molar-refractivity contribution in [3.05, 3.63) is 46.0 Å². The molecule has 4 nitrogen and oxygen atoms in total. The summed E-state index contributed by atoms with van der Waals surface area (Å²) in [4.78, 5) is 4.39. The highest BCUT2D eigenvalue weighted by atomic mass is 79.9. The fraction of sp³-hybridized carbons (Fsp3) is 0.467. The van der Waals surface area contributed by atoms with Crippen molar-refractivity contribution >= 4 is 15.9 Å². The lowest BCUT2D eigenvalue weighted by Crippen LogP contribution is -2.21. The van der Waals surface area contributed by atoms with Crippen LogP contribution >= 0.6 is 15.9 Å². The average molecular weight is 337 g/mol. The molecule has 0 aliphatic heterocycles. The maximum absolute atomic E-state index is 4.39. The van der Waals surface area contributed by atoms with Gasteiger partial charge in [-0.1, -0.05) is 35.0 Å². The number of aromatic nitrogens is 3. The fourth-order valence-corrected chi connectivity index (χ4v) is 2.55. The van der Waals surface area contributed by atoms with Gasteiger partial charge in [0.25, 0.3) is 0 Å². The molecule has 2 rings (SSSR count). The van der Waals surface area contributed by atoms with Gasteiger partial charge in [0.1, 0.15) is 12.2 Å². The Labute approximate surface area is 128 Å². The summed E-state index contributed by atoms with van der Waals surface area (Å²) in [7, 11) is 1.99. The molecule has 0 bridgehead atoms. The molecule has 0 aliphatic carbocycles. The molecule has 1 unspecified atom stereocenters. The molecule has 108 valence electrons. The van der Waals surface area contributed by atoms with Crippen LogP contribution in [0.1, 0.15) is 36.3 Å². The van der Waals surface area contributed by atoms with E-state index in [9.17, 15) is 0 Å². The molecule has 5 heteroatoms. The van der Waals surface area contributed by atoms with E-state index in [1.807, 2.05) is 11.7 Å². The summed E-state index contributed by atoms with van der Waals surface area (Å²) in [5.41, 5.74) is 2.53. The quantitative estimate of drug-likeness (QED) is 0.880. The molecule has 1 aromatic heterocycles. The van der Waals surface area contributed by atoms with Crippen LogP contribution in [0.2, 0.25) is 0 Å². The first-order valence-corrected chi connectivity index (χ1v) is 7.75. The van der Waals surface area contributed by atoms with E-state index in [4.69, 9.17) is 0 Å². The van der Waals surface area contributed by atoms with Crippen LogP contribution in [0.25, 0.3) is 0 Å². The number of rotatable bonds is 6. The number of hydrogen-bond acceptors (Lipinski definition) is 3. The molecular formula is C15H21BrN4. The van der Waals surface area contributed by atoms with Crippen LogP contribution in [0, 0.1) is 6.92 Å². The first kappa shape index (κ1) is 15.2. The predicted octanol–water partition coefficient (Wildman–Crippen LogP) is 3.26. The SMILES string of the molecule is CCCn1ncnc1CC(NC)c1ccc(Br)c(C)c1. The summed E-state index contributed by atoms with van der Waals surface area (Å²) in [5.74, 6) is 1.03. The second-order valence-electron chi connectivity index (χ2n) is 4.95. The van der Waals surface area contributed by atoms with Crippen LogP contribution in [-0.2, 0) is 13.0 Å². The third kappa shape index (κ3) is 3.46. The highest BCUT2D eigenvalue weighted by molar-refractivity contribution is 9.10. The Morgan fingerprint density at radius 2 is 2.20 bits per heavy atom. The van der Waals surface area contributed by atoms with Crippen LogP contribution in [0.3, 0.4) is 0 Å². The molecular weight excluding hydrogens is 316 g/mol. The summed E-state index contributed by atoms with van der Waals surface area (Å²) < 4.78 is 3.14. The number of aryl methyl sites for hydroxylation is 2. The van der Waals surface area contributed by atoms with Crippen molar-refractivity contribution in [3.63, 3.8) is 0 Å². The van der Waals surface area contributed by atoms with Gasteiger partial charge in [-0.25, -0.2) is 4.98 Å². The van der Waals surface area contributed by atoms with E-state index < -0.39 is 0 Å². The Morgan fingerprint density at radius 3 is 2.85 bits per heavy atom. The third-order valence-corrected chi connectivity index (χ3v) is 4.34. The minimum Gasteiger partial charge on any atom is -0.313 e. The minimum absolute atomic E-state index is 0.251. The molecule has 0 amide bonds. The van der Waals surface area contributed by atoms with E-state index in [0.29, 0.717) is 0 Å². The van der Waals surface area contributed by atoms with Crippen molar-refractivity contribution in [1.29, 1.82) is 0 Å². The summed E-state index contributed by atoms with van der Waals surface area (Å²) in [5, 5.41) is 7.67. The van der Waals surface area contributed by atoms with Gasteiger partial charge < -0.3 is 5.32 Å². The Kier molecular flexibility index (Phi) is 5.31. The summed E-state index contributed by atoms with van der Waals surface area (Å²) >= 11 is 3.55. The molecule has 0 aliphatic rings. The van der Waals surface area contributed by atoms with Crippen LogP contribution in [-0.4, -0.2) is 21.8 Å². The Morgan fingerprint density at radius 1 is 1.40 bits per heavy atom. The van der Waals surface area contributed by atoms with Crippen LogP contribution in [0.5, 0.6) is 0 Å². The first-order valence-electron chi connectivity index (χ1n) is 6.95. The van der Waals surface area contributed by atoms with Gasteiger partial charge in [-0.05, 0) is 37.6 Å². The highest BCUT2D eigenvalue weighted by Crippen LogP contribution is 2.23. The van der Waals surface area contributed by atoms with Gasteiger partial charge in [0, 0.05) is 23.5 Å². The highest BCUT2D eigenvalue weighted by Gasteiger charge is 2.14. The zero-order chi connectivity index (χ0) is 14.5. The van der Waals surface area contributed by atoms with Gasteiger partial charge in [-0.2, -0.15) is 5.10 Å². The number of likely N-dealkylation sites (N-methyl/N-ethyl adjacent to an activating group) is 1. The van der Waals surface area contributed by atoms with Crippen LogP contribution in [0.15, 0.2) is 29.0 Å². The lowest BCUT2D eigenvalue weighted by molar-refractivity contribution is 0.517. The fourth-order valence-electron chi connectivity index (χ4n) is 2.30. The average Bonchev–Trinajstić information content (AvgIpc) is 2.87. The molecule has 1 N–H and O–H groups in total. The molecule has 1 atom stereocenters. The van der Waals surface area contributed by atoms with Crippen molar-refractivity contribution in [2.75, 3.05) is 7.05 Å². The van der Waals surface area contributed by atoms with Gasteiger partial charge in [-0.15, -0.1) is 0 Å². The van der Waals surface area contributed by atoms with Crippen molar-refractivity contribution < 1.29 is 0 Å². The predicted molar refractivity (Wildman–Crippen MR) is 84.7 cm³/mol. The molecule has 1 aromatic carbocycles. The monoisotopic (exact) mass is 336 g/mol. The number of nitrogens with one attached hydrogen (secondary N) is 1. The molecule has 0 radical (unpaired) electrons. The van der Waals surface area contributed by atoms with E-state index >= 15 is 0 Å². The molecule has 0 saturated heterocycles. The number of nitrogens with zero attached hydrogens (tertiary/aromatic N) is 3. The van der Waals surface area contributed by atoms with E-state index in [0.717, 1.165) is 29.7 Å². The standard InChI is InChI=1S/C15H21BrN4/c1-4-7-20-15(18-10-19-20)9-14(17-3)12-5-6-13(16)11(2)8-12/h5-6,8,10,14,17H,4,7,9H2,1-3H3. The topological polar surface area (TPSA) is 42.7 Å². The normalized spacial score (nSPS) is 12.6. The van der Waals surface area contributed by atoms with E-state index in [-0.39, 0.29) is 6.04 Å². The van der Waals surface area contributed by atoms with Crippen LogP contribution in [0.4, 0.5) is 0 Å². The maximum atomic E-state index is 4.39. The van der Waals surface area contributed by atoms with Crippen molar-refractivity contribution in [3.8, 4) is 0 Å². The molecule has 2 aromatic rings. The molecule has 0 saturated carbocycles. The Bertz CT molecular complexity index is 565. The number of hydrogen-bond donors (Lipinski definition) is 1. The van der Waals surface area contributed by atoms with Crippen molar-refractivity contribution in [2.45, 2.75) is 39.3 Å². The van der Waals surface area contributed by atoms with Gasteiger partial charge >= 0.3 is 0 Å². The minimum atomic E-state index is 0.251. The summed E-state index contributed by atoms with van der Waals surface area (Å²) in [6, 6.07) is 6.72. The van der Waals surface area contributed by atoms with Crippen molar-refractivity contribution in [2.24, 2.45) is 0 Å². The summed E-state index contributed by atoms with van der Waals surface area (Å²) in [6.45, 7) is 5.18. The van der Waals surface area contributed by atoms with E-state index in [2.05, 4.69) is 63.4 Å². The molecule has 1 heterocycles. The Hall–Kier alpha value is -1.20.